The molecule has 0 atom stereocenters. The average molecular weight is 507 g/mol. The van der Waals surface area contributed by atoms with E-state index in [-0.39, 0.29) is 4.90 Å². The van der Waals surface area contributed by atoms with Crippen molar-refractivity contribution < 1.29 is 13.2 Å². The summed E-state index contributed by atoms with van der Waals surface area (Å²) in [4.78, 5) is 10.9. The van der Waals surface area contributed by atoms with Crippen molar-refractivity contribution in [1.29, 1.82) is 0 Å². The number of anilines is 1. The lowest BCUT2D eigenvalue weighted by molar-refractivity contribution is 0.327. The molecule has 9 nitrogen and oxygen atoms in total. The van der Waals surface area contributed by atoms with E-state index in [1.54, 1.807) is 22.9 Å². The Morgan fingerprint density at radius 2 is 1.81 bits per heavy atom. The molecule has 0 amide bonds. The van der Waals surface area contributed by atoms with Crippen molar-refractivity contribution in [2.24, 2.45) is 0 Å². The second-order valence-electron chi connectivity index (χ2n) is 7.05. The fourth-order valence-corrected chi connectivity index (χ4v) is 5.52. The minimum absolute atomic E-state index is 0.176. The molecule has 0 saturated carbocycles. The molecule has 0 radical (unpaired) electrons. The van der Waals surface area contributed by atoms with Crippen molar-refractivity contribution in [3.63, 3.8) is 0 Å². The predicted octanol–water partition coefficient (Wildman–Crippen LogP) is 2.64. The summed E-state index contributed by atoms with van der Waals surface area (Å²) in [6, 6.07) is 8.81. The second-order valence-corrected chi connectivity index (χ2v) is 9.87. The van der Waals surface area contributed by atoms with Gasteiger partial charge < -0.3 is 9.64 Å². The fraction of sp³-hybridized carbons (Fsp3) is 0.350. The van der Waals surface area contributed by atoms with Crippen LogP contribution in [0.5, 0.6) is 5.75 Å². The molecule has 1 fully saturated rings. The van der Waals surface area contributed by atoms with E-state index in [1.165, 1.54) is 10.6 Å². The summed E-state index contributed by atoms with van der Waals surface area (Å²) >= 11 is 3.36. The van der Waals surface area contributed by atoms with Gasteiger partial charge in [0.15, 0.2) is 5.82 Å². The smallest absolute Gasteiger partial charge is 0.246 e. The van der Waals surface area contributed by atoms with Crippen LogP contribution in [0.1, 0.15) is 12.6 Å². The highest BCUT2D eigenvalue weighted by Gasteiger charge is 2.31. The van der Waals surface area contributed by atoms with Crippen molar-refractivity contribution in [3.8, 4) is 11.6 Å². The highest BCUT2D eigenvalue weighted by Crippen LogP contribution is 2.31. The molecule has 0 bridgehead atoms. The number of hydrogen-bond acceptors (Lipinski definition) is 7. The first kappa shape index (κ1) is 21.7. The molecule has 0 unspecified atom stereocenters. The lowest BCUT2D eigenvalue weighted by Crippen LogP contribution is -2.49. The molecule has 1 aliphatic rings. The first-order chi connectivity index (χ1) is 14.9. The van der Waals surface area contributed by atoms with Crippen LogP contribution in [0.3, 0.4) is 0 Å². The number of nitrogens with zero attached hydrogens (tertiary/aromatic N) is 6. The van der Waals surface area contributed by atoms with E-state index >= 15 is 0 Å². The fourth-order valence-electron chi connectivity index (χ4n) is 3.43. The Morgan fingerprint density at radius 1 is 1.06 bits per heavy atom. The van der Waals surface area contributed by atoms with Crippen molar-refractivity contribution in [2.75, 3.05) is 37.7 Å². The third kappa shape index (κ3) is 4.58. The van der Waals surface area contributed by atoms with E-state index < -0.39 is 10.0 Å². The van der Waals surface area contributed by atoms with Crippen LogP contribution in [-0.4, -0.2) is 65.3 Å². The van der Waals surface area contributed by atoms with Gasteiger partial charge >= 0.3 is 0 Å². The maximum atomic E-state index is 13.3. The van der Waals surface area contributed by atoms with Gasteiger partial charge in [0.05, 0.1) is 12.3 Å². The lowest BCUT2D eigenvalue weighted by Gasteiger charge is -2.34. The maximum absolute atomic E-state index is 13.3. The summed E-state index contributed by atoms with van der Waals surface area (Å²) in [5, 5.41) is 4.38. The van der Waals surface area contributed by atoms with Gasteiger partial charge in [-0.15, -0.1) is 0 Å². The first-order valence-electron chi connectivity index (χ1n) is 9.90. The maximum Gasteiger partial charge on any atom is 0.246 e. The number of aromatic nitrogens is 4. The van der Waals surface area contributed by atoms with Crippen molar-refractivity contribution in [1.82, 2.24) is 24.1 Å². The van der Waals surface area contributed by atoms with Crippen molar-refractivity contribution in [2.45, 2.75) is 18.7 Å². The summed E-state index contributed by atoms with van der Waals surface area (Å²) < 4.78 is 36.0. The molecule has 3 heterocycles. The van der Waals surface area contributed by atoms with Crippen molar-refractivity contribution >= 4 is 31.8 Å². The van der Waals surface area contributed by atoms with Gasteiger partial charge in [-0.05, 0) is 38.1 Å². The highest BCUT2D eigenvalue weighted by atomic mass is 79.9. The third-order valence-corrected chi connectivity index (χ3v) is 7.39. The zero-order chi connectivity index (χ0) is 22.0. The van der Waals surface area contributed by atoms with Crippen LogP contribution in [0.4, 0.5) is 5.82 Å². The van der Waals surface area contributed by atoms with Gasteiger partial charge in [0.2, 0.25) is 10.0 Å². The molecule has 3 aromatic rings. The van der Waals surface area contributed by atoms with Crippen LogP contribution >= 0.6 is 15.9 Å². The molecule has 0 aliphatic carbocycles. The minimum atomic E-state index is -3.69. The van der Waals surface area contributed by atoms with E-state index in [4.69, 9.17) is 4.74 Å². The van der Waals surface area contributed by atoms with Crippen molar-refractivity contribution in [3.05, 3.63) is 53.0 Å². The summed E-state index contributed by atoms with van der Waals surface area (Å²) in [6.45, 7) is 5.88. The number of rotatable bonds is 6. The molecule has 0 spiro atoms. The van der Waals surface area contributed by atoms with Crippen LogP contribution in [0, 0.1) is 6.92 Å². The summed E-state index contributed by atoms with van der Waals surface area (Å²) in [7, 11) is -3.69. The van der Waals surface area contributed by atoms with Crippen LogP contribution in [0.15, 0.2) is 52.2 Å². The zero-order valence-corrected chi connectivity index (χ0v) is 19.7. The monoisotopic (exact) mass is 506 g/mol. The molecular formula is C20H23BrN6O3S. The predicted molar refractivity (Wildman–Crippen MR) is 120 cm³/mol. The Labute approximate surface area is 189 Å². The topological polar surface area (TPSA) is 93.5 Å². The standard InChI is InChI=1S/C20H23BrN6O3S/c1-3-30-17-5-4-16(21)12-18(17)31(28,29)26-10-8-25(9-11-26)19-13-20(23-14-22-19)27-7-6-15(2)24-27/h4-7,12-14H,3,8-11H2,1-2H3. The molecule has 0 N–H and O–H groups in total. The number of hydrogen-bond donors (Lipinski definition) is 0. The van der Waals surface area contributed by atoms with E-state index in [9.17, 15) is 8.42 Å². The van der Waals surface area contributed by atoms with E-state index in [2.05, 4.69) is 35.9 Å². The second kappa shape index (κ2) is 8.93. The minimum Gasteiger partial charge on any atom is -0.492 e. The average Bonchev–Trinajstić information content (AvgIpc) is 3.22. The van der Waals surface area contributed by atoms with Gasteiger partial charge in [-0.3, -0.25) is 0 Å². The van der Waals surface area contributed by atoms with E-state index in [1.807, 2.05) is 32.2 Å². The first-order valence-corrected chi connectivity index (χ1v) is 12.1. The molecule has 1 aromatic carbocycles. The Hall–Kier alpha value is -2.50. The number of ether oxygens (including phenoxy) is 1. The molecule has 31 heavy (non-hydrogen) atoms. The molecule has 2 aromatic heterocycles. The Morgan fingerprint density at radius 3 is 2.48 bits per heavy atom. The van der Waals surface area contributed by atoms with Crippen LogP contribution in [0.25, 0.3) is 5.82 Å². The molecule has 1 aliphatic heterocycles. The summed E-state index contributed by atoms with van der Waals surface area (Å²) in [5.74, 6) is 1.78. The van der Waals surface area contributed by atoms with E-state index in [0.717, 1.165) is 11.5 Å². The Kier molecular flexibility index (Phi) is 6.26. The quantitative estimate of drug-likeness (QED) is 0.507. The van der Waals surface area contributed by atoms with Gasteiger partial charge in [-0.1, -0.05) is 15.9 Å². The lowest BCUT2D eigenvalue weighted by atomic mass is 10.3. The molecule has 11 heteroatoms. The number of piperazine rings is 1. The molecule has 164 valence electrons. The van der Waals surface area contributed by atoms with Crippen LogP contribution < -0.4 is 9.64 Å². The van der Waals surface area contributed by atoms with Crippen LogP contribution in [-0.2, 0) is 10.0 Å². The van der Waals surface area contributed by atoms with E-state index in [0.29, 0.717) is 48.8 Å². The van der Waals surface area contributed by atoms with Gasteiger partial charge in [-0.25, -0.2) is 23.1 Å². The summed E-state index contributed by atoms with van der Waals surface area (Å²) in [6.07, 6.45) is 3.35. The van der Waals surface area contributed by atoms with Gasteiger partial charge in [0.25, 0.3) is 0 Å². The molecule has 1 saturated heterocycles. The van der Waals surface area contributed by atoms with Gasteiger partial charge in [0, 0.05) is 42.9 Å². The number of halogens is 1. The molecular weight excluding hydrogens is 484 g/mol. The number of aryl methyl sites for hydroxylation is 1. The zero-order valence-electron chi connectivity index (χ0n) is 17.3. The normalized spacial score (nSPS) is 15.3. The largest absolute Gasteiger partial charge is 0.492 e. The van der Waals surface area contributed by atoms with Crippen LogP contribution in [0.2, 0.25) is 0 Å². The molecule has 4 rings (SSSR count). The Balaban J connectivity index is 1.51. The van der Waals surface area contributed by atoms with Gasteiger partial charge in [-0.2, -0.15) is 9.40 Å². The highest BCUT2D eigenvalue weighted by molar-refractivity contribution is 9.10. The number of sulfonamides is 1. The number of benzene rings is 1. The SMILES string of the molecule is CCOc1ccc(Br)cc1S(=O)(=O)N1CCN(c2cc(-n3ccc(C)n3)ncn2)CC1. The third-order valence-electron chi connectivity index (χ3n) is 4.98. The summed E-state index contributed by atoms with van der Waals surface area (Å²) in [5.41, 5.74) is 0.901. The van der Waals surface area contributed by atoms with Gasteiger partial charge in [0.1, 0.15) is 22.8 Å². The Bertz CT molecular complexity index is 1180.